The number of unbranched alkanes of at least 4 members (excludes halogenated alkanes) is 8. The van der Waals surface area contributed by atoms with Crippen LogP contribution in [0.25, 0.3) is 0 Å². The number of hydrogen-bond acceptors (Lipinski definition) is 2. The summed E-state index contributed by atoms with van der Waals surface area (Å²) in [4.78, 5) is 10.2. The van der Waals surface area contributed by atoms with Gasteiger partial charge in [0.1, 0.15) is 0 Å². The summed E-state index contributed by atoms with van der Waals surface area (Å²) in [6.07, 6.45) is 12.2. The highest BCUT2D eigenvalue weighted by Gasteiger charge is 1.95. The summed E-state index contributed by atoms with van der Waals surface area (Å²) < 4.78 is 0. The highest BCUT2D eigenvalue weighted by atomic mass is 16.4. The third-order valence-corrected chi connectivity index (χ3v) is 3.69. The minimum Gasteiger partial charge on any atom is -0.550 e. The fourth-order valence-electron chi connectivity index (χ4n) is 2.48. The van der Waals surface area contributed by atoms with Gasteiger partial charge in [0, 0.05) is 5.97 Å². The molecule has 0 aliphatic heterocycles. The zero-order chi connectivity index (χ0) is 14.5. The monoisotopic (exact) mass is 275 g/mol. The van der Waals surface area contributed by atoms with Crippen molar-refractivity contribution in [1.82, 2.24) is 0 Å². The number of carboxylic acid groups (broad SMARTS) is 1. The van der Waals surface area contributed by atoms with E-state index >= 15 is 0 Å². The zero-order valence-electron chi connectivity index (χ0n) is 12.5. The van der Waals surface area contributed by atoms with Crippen molar-refractivity contribution in [3.63, 3.8) is 0 Å². The van der Waals surface area contributed by atoms with E-state index in [1.54, 1.807) is 0 Å². The van der Waals surface area contributed by atoms with E-state index in [4.69, 9.17) is 0 Å². The Morgan fingerprint density at radius 2 is 1.25 bits per heavy atom. The molecule has 1 aromatic rings. The van der Waals surface area contributed by atoms with Crippen LogP contribution in [0.15, 0.2) is 30.3 Å². The molecule has 0 heterocycles. The van der Waals surface area contributed by atoms with Crippen molar-refractivity contribution in [2.45, 2.75) is 70.6 Å². The number of rotatable bonds is 12. The van der Waals surface area contributed by atoms with E-state index in [1.807, 2.05) is 0 Å². The number of carbonyl (C=O) groups excluding carboxylic acids is 1. The second kappa shape index (κ2) is 11.5. The predicted octanol–water partition coefficient (Wildman–Crippen LogP) is 3.88. The van der Waals surface area contributed by atoms with Crippen molar-refractivity contribution >= 4 is 5.97 Å². The van der Waals surface area contributed by atoms with Crippen molar-refractivity contribution in [2.24, 2.45) is 0 Å². The summed E-state index contributed by atoms with van der Waals surface area (Å²) in [6.45, 7) is 0. The predicted molar refractivity (Wildman–Crippen MR) is 81.3 cm³/mol. The molecule has 112 valence electrons. The van der Waals surface area contributed by atoms with Crippen molar-refractivity contribution in [3.05, 3.63) is 35.9 Å². The minimum atomic E-state index is -0.914. The molecule has 2 heteroatoms. The van der Waals surface area contributed by atoms with E-state index in [9.17, 15) is 9.90 Å². The van der Waals surface area contributed by atoms with Crippen molar-refractivity contribution in [1.29, 1.82) is 0 Å². The molecule has 2 nitrogen and oxygen atoms in total. The van der Waals surface area contributed by atoms with Crippen molar-refractivity contribution in [3.8, 4) is 0 Å². The van der Waals surface area contributed by atoms with E-state index in [0.717, 1.165) is 19.3 Å². The minimum absolute atomic E-state index is 0.222. The number of benzene rings is 1. The Hall–Kier alpha value is -1.31. The normalized spacial score (nSPS) is 10.6. The molecule has 0 fully saturated rings. The zero-order valence-corrected chi connectivity index (χ0v) is 12.5. The van der Waals surface area contributed by atoms with Gasteiger partial charge in [-0.1, -0.05) is 75.3 Å². The van der Waals surface area contributed by atoms with Crippen LogP contribution in [0.2, 0.25) is 0 Å². The van der Waals surface area contributed by atoms with Gasteiger partial charge in [0.05, 0.1) is 0 Å². The van der Waals surface area contributed by atoms with Gasteiger partial charge in [-0.05, 0) is 31.2 Å². The second-order valence-electron chi connectivity index (χ2n) is 5.54. The highest BCUT2D eigenvalue weighted by Crippen LogP contribution is 2.12. The smallest absolute Gasteiger partial charge is 0.0414 e. The average molecular weight is 275 g/mol. The van der Waals surface area contributed by atoms with Gasteiger partial charge >= 0.3 is 0 Å². The van der Waals surface area contributed by atoms with E-state index < -0.39 is 5.97 Å². The molecule has 0 saturated heterocycles. The van der Waals surface area contributed by atoms with Gasteiger partial charge in [-0.2, -0.15) is 0 Å². The molecule has 0 radical (unpaired) electrons. The number of carbonyl (C=O) groups is 1. The van der Waals surface area contributed by atoms with Crippen molar-refractivity contribution < 1.29 is 9.90 Å². The van der Waals surface area contributed by atoms with Gasteiger partial charge in [-0.25, -0.2) is 0 Å². The maximum Gasteiger partial charge on any atom is 0.0414 e. The first-order chi connectivity index (χ1) is 9.79. The average Bonchev–Trinajstić information content (AvgIpc) is 2.45. The van der Waals surface area contributed by atoms with Crippen LogP contribution in [0.1, 0.15) is 69.8 Å². The molecule has 0 amide bonds. The van der Waals surface area contributed by atoms with Crippen LogP contribution < -0.4 is 5.11 Å². The molecule has 0 N–H and O–H groups in total. The molecule has 1 aromatic carbocycles. The van der Waals surface area contributed by atoms with E-state index in [2.05, 4.69) is 30.3 Å². The Balaban J connectivity index is 1.80. The molecule has 0 aliphatic rings. The Bertz CT molecular complexity index is 346. The lowest BCUT2D eigenvalue weighted by molar-refractivity contribution is -0.305. The van der Waals surface area contributed by atoms with E-state index in [0.29, 0.717) is 0 Å². The molecule has 0 unspecified atom stereocenters. The largest absolute Gasteiger partial charge is 0.550 e. The highest BCUT2D eigenvalue weighted by molar-refractivity contribution is 5.63. The third kappa shape index (κ3) is 9.60. The summed E-state index contributed by atoms with van der Waals surface area (Å²) in [6, 6.07) is 10.7. The molecule has 0 atom stereocenters. The molecule has 0 aliphatic carbocycles. The third-order valence-electron chi connectivity index (χ3n) is 3.69. The molecule has 20 heavy (non-hydrogen) atoms. The Morgan fingerprint density at radius 1 is 0.750 bits per heavy atom. The molecule has 0 spiro atoms. The first kappa shape index (κ1) is 16.7. The van der Waals surface area contributed by atoms with Gasteiger partial charge in [-0.3, -0.25) is 0 Å². The Kier molecular flexibility index (Phi) is 9.64. The van der Waals surface area contributed by atoms with E-state index in [1.165, 1.54) is 50.5 Å². The number of aryl methyl sites for hydroxylation is 1. The van der Waals surface area contributed by atoms with Crippen LogP contribution in [0, 0.1) is 0 Å². The lowest BCUT2D eigenvalue weighted by atomic mass is 10.0. The first-order valence-electron chi connectivity index (χ1n) is 8.03. The maximum absolute atomic E-state index is 10.2. The van der Waals surface area contributed by atoms with Crippen LogP contribution in [-0.4, -0.2) is 5.97 Å². The lowest BCUT2D eigenvalue weighted by Gasteiger charge is -2.04. The molecular formula is C18H27O2-. The van der Waals surface area contributed by atoms with Gasteiger partial charge in [-0.15, -0.1) is 0 Å². The molecular weight excluding hydrogens is 248 g/mol. The van der Waals surface area contributed by atoms with Crippen molar-refractivity contribution in [2.75, 3.05) is 0 Å². The molecule has 0 aromatic heterocycles. The molecule has 1 rings (SSSR count). The van der Waals surface area contributed by atoms with Crippen LogP contribution in [0.3, 0.4) is 0 Å². The van der Waals surface area contributed by atoms with Gasteiger partial charge in [0.15, 0.2) is 0 Å². The SMILES string of the molecule is O=C([O-])CCCCCCCCCCCc1ccccc1. The van der Waals surface area contributed by atoms with Crippen LogP contribution >= 0.6 is 0 Å². The van der Waals surface area contributed by atoms with E-state index in [-0.39, 0.29) is 6.42 Å². The standard InChI is InChI=1S/C18H28O2/c19-18(20)16-12-7-5-3-1-2-4-6-9-13-17-14-10-8-11-15-17/h8,10-11,14-15H,1-7,9,12-13,16H2,(H,19,20)/p-1. The fourth-order valence-corrected chi connectivity index (χ4v) is 2.48. The molecule has 0 bridgehead atoms. The van der Waals surface area contributed by atoms with Gasteiger partial charge in [0.25, 0.3) is 0 Å². The summed E-state index contributed by atoms with van der Waals surface area (Å²) in [5.41, 5.74) is 1.44. The number of aliphatic carboxylic acids is 1. The Morgan fingerprint density at radius 3 is 1.80 bits per heavy atom. The fraction of sp³-hybridized carbons (Fsp3) is 0.611. The van der Waals surface area contributed by atoms with Crippen LogP contribution in [0.4, 0.5) is 0 Å². The van der Waals surface area contributed by atoms with Crippen LogP contribution in [0.5, 0.6) is 0 Å². The number of hydrogen-bond donors (Lipinski definition) is 0. The topological polar surface area (TPSA) is 40.1 Å². The Labute approximate surface area is 123 Å². The molecule has 0 saturated carbocycles. The quantitative estimate of drug-likeness (QED) is 0.543. The number of carboxylic acids is 1. The second-order valence-corrected chi connectivity index (χ2v) is 5.54. The summed E-state index contributed by atoms with van der Waals surface area (Å²) in [7, 11) is 0. The summed E-state index contributed by atoms with van der Waals surface area (Å²) in [5.74, 6) is -0.914. The maximum atomic E-state index is 10.2. The van der Waals surface area contributed by atoms with Gasteiger partial charge < -0.3 is 9.90 Å². The van der Waals surface area contributed by atoms with Gasteiger partial charge in [0.2, 0.25) is 0 Å². The summed E-state index contributed by atoms with van der Waals surface area (Å²) in [5, 5.41) is 10.2. The first-order valence-corrected chi connectivity index (χ1v) is 8.03. The van der Waals surface area contributed by atoms with Crippen LogP contribution in [-0.2, 0) is 11.2 Å². The lowest BCUT2D eigenvalue weighted by Crippen LogP contribution is -2.21. The summed E-state index contributed by atoms with van der Waals surface area (Å²) >= 11 is 0.